The summed E-state index contributed by atoms with van der Waals surface area (Å²) < 4.78 is 13.9. The van der Waals surface area contributed by atoms with Gasteiger partial charge in [0.1, 0.15) is 5.82 Å². The van der Waals surface area contributed by atoms with E-state index in [2.05, 4.69) is 21.2 Å². The molecule has 1 amide bonds. The van der Waals surface area contributed by atoms with Gasteiger partial charge in [-0.05, 0) is 50.6 Å². The highest BCUT2D eigenvalue weighted by molar-refractivity contribution is 9.10. The van der Waals surface area contributed by atoms with E-state index in [1.54, 1.807) is 6.07 Å². The highest BCUT2D eigenvalue weighted by Gasteiger charge is 2.23. The molecule has 0 unspecified atom stereocenters. The smallest absolute Gasteiger partial charge is 0.253 e. The SMILES string of the molecule is CNCC1CCN(C(=O)c2cc(F)cc(Br)c2)CC1. The minimum absolute atomic E-state index is 0.0805. The molecular formula is C14H18BrFN2O. The summed E-state index contributed by atoms with van der Waals surface area (Å²) in [5.74, 6) is 0.166. The molecule has 1 aliphatic rings. The lowest BCUT2D eigenvalue weighted by molar-refractivity contribution is 0.0690. The minimum Gasteiger partial charge on any atom is -0.339 e. The molecule has 5 heteroatoms. The first-order chi connectivity index (χ1) is 9.10. The van der Waals surface area contributed by atoms with E-state index in [0.29, 0.717) is 16.0 Å². The number of likely N-dealkylation sites (tertiary alicyclic amines) is 1. The van der Waals surface area contributed by atoms with Gasteiger partial charge in [-0.1, -0.05) is 15.9 Å². The zero-order valence-electron chi connectivity index (χ0n) is 11.0. The van der Waals surface area contributed by atoms with Gasteiger partial charge >= 0.3 is 0 Å². The van der Waals surface area contributed by atoms with Gasteiger partial charge in [0.2, 0.25) is 0 Å². The van der Waals surface area contributed by atoms with E-state index in [0.717, 1.165) is 32.5 Å². The summed E-state index contributed by atoms with van der Waals surface area (Å²) in [6.07, 6.45) is 2.01. The van der Waals surface area contributed by atoms with E-state index < -0.39 is 0 Å². The van der Waals surface area contributed by atoms with Crippen LogP contribution in [0.2, 0.25) is 0 Å². The van der Waals surface area contributed by atoms with Crippen molar-refractivity contribution in [1.82, 2.24) is 10.2 Å². The van der Waals surface area contributed by atoms with Crippen LogP contribution >= 0.6 is 15.9 Å². The van der Waals surface area contributed by atoms with Gasteiger partial charge in [-0.25, -0.2) is 4.39 Å². The second-order valence-electron chi connectivity index (χ2n) is 4.95. The number of hydrogen-bond acceptors (Lipinski definition) is 2. The number of benzene rings is 1. The first-order valence-corrected chi connectivity index (χ1v) is 7.29. The quantitative estimate of drug-likeness (QED) is 0.925. The van der Waals surface area contributed by atoms with E-state index in [1.165, 1.54) is 12.1 Å². The van der Waals surface area contributed by atoms with Crippen LogP contribution in [0.15, 0.2) is 22.7 Å². The molecular weight excluding hydrogens is 311 g/mol. The molecule has 19 heavy (non-hydrogen) atoms. The number of halogens is 2. The second-order valence-corrected chi connectivity index (χ2v) is 5.87. The van der Waals surface area contributed by atoms with Crippen molar-refractivity contribution in [2.75, 3.05) is 26.7 Å². The van der Waals surface area contributed by atoms with Gasteiger partial charge in [-0.2, -0.15) is 0 Å². The zero-order valence-corrected chi connectivity index (χ0v) is 12.5. The molecule has 104 valence electrons. The molecule has 1 saturated heterocycles. The topological polar surface area (TPSA) is 32.3 Å². The Balaban J connectivity index is 2.01. The van der Waals surface area contributed by atoms with E-state index in [4.69, 9.17) is 0 Å². The van der Waals surface area contributed by atoms with Crippen molar-refractivity contribution < 1.29 is 9.18 Å². The molecule has 3 nitrogen and oxygen atoms in total. The number of piperidine rings is 1. The maximum Gasteiger partial charge on any atom is 0.253 e. The van der Waals surface area contributed by atoms with Crippen molar-refractivity contribution in [3.63, 3.8) is 0 Å². The molecule has 1 aliphatic heterocycles. The summed E-state index contributed by atoms with van der Waals surface area (Å²) in [6.45, 7) is 2.49. The lowest BCUT2D eigenvalue weighted by atomic mass is 9.96. The predicted octanol–water partition coefficient (Wildman–Crippen LogP) is 2.66. The highest BCUT2D eigenvalue weighted by Crippen LogP contribution is 2.21. The molecule has 0 atom stereocenters. The highest BCUT2D eigenvalue weighted by atomic mass is 79.9. The van der Waals surface area contributed by atoms with Crippen molar-refractivity contribution in [3.8, 4) is 0 Å². The maximum absolute atomic E-state index is 13.3. The Morgan fingerprint density at radius 1 is 1.42 bits per heavy atom. The van der Waals surface area contributed by atoms with Crippen LogP contribution in [0.4, 0.5) is 4.39 Å². The summed E-state index contributed by atoms with van der Waals surface area (Å²) in [5, 5.41) is 3.17. The molecule has 2 rings (SSSR count). The summed E-state index contributed by atoms with van der Waals surface area (Å²) in [6, 6.07) is 4.33. The Hall–Kier alpha value is -0.940. The molecule has 1 N–H and O–H groups in total. The Labute approximate surface area is 121 Å². The second kappa shape index (κ2) is 6.48. The molecule has 1 heterocycles. The number of carbonyl (C=O) groups is 1. The first-order valence-electron chi connectivity index (χ1n) is 6.50. The molecule has 0 aliphatic carbocycles. The van der Waals surface area contributed by atoms with Crippen LogP contribution in [0.3, 0.4) is 0 Å². The Bertz CT molecular complexity index is 439. The van der Waals surface area contributed by atoms with E-state index in [1.807, 2.05) is 11.9 Å². The lowest BCUT2D eigenvalue weighted by Crippen LogP contribution is -2.40. The predicted molar refractivity (Wildman–Crippen MR) is 76.7 cm³/mol. The van der Waals surface area contributed by atoms with Gasteiger partial charge in [-0.15, -0.1) is 0 Å². The molecule has 1 fully saturated rings. The fourth-order valence-electron chi connectivity index (χ4n) is 2.49. The number of hydrogen-bond donors (Lipinski definition) is 1. The third-order valence-corrected chi connectivity index (χ3v) is 3.96. The van der Waals surface area contributed by atoms with E-state index in [-0.39, 0.29) is 11.7 Å². The van der Waals surface area contributed by atoms with Crippen LogP contribution in [0.25, 0.3) is 0 Å². The van der Waals surface area contributed by atoms with Crippen LogP contribution in [-0.2, 0) is 0 Å². The summed E-state index contributed by atoms with van der Waals surface area (Å²) in [7, 11) is 1.95. The maximum atomic E-state index is 13.3. The van der Waals surface area contributed by atoms with Crippen LogP contribution in [-0.4, -0.2) is 37.5 Å². The molecule has 0 radical (unpaired) electrons. The third-order valence-electron chi connectivity index (χ3n) is 3.50. The van der Waals surface area contributed by atoms with Crippen molar-refractivity contribution in [3.05, 3.63) is 34.1 Å². The summed E-state index contributed by atoms with van der Waals surface area (Å²) in [4.78, 5) is 14.1. The zero-order chi connectivity index (χ0) is 13.8. The van der Waals surface area contributed by atoms with Gasteiger partial charge in [-0.3, -0.25) is 4.79 Å². The van der Waals surface area contributed by atoms with Gasteiger partial charge < -0.3 is 10.2 Å². The first kappa shape index (κ1) is 14.5. The van der Waals surface area contributed by atoms with Crippen molar-refractivity contribution in [2.24, 2.45) is 5.92 Å². The number of nitrogens with zero attached hydrogens (tertiary/aromatic N) is 1. The summed E-state index contributed by atoms with van der Waals surface area (Å²) in [5.41, 5.74) is 0.416. The van der Waals surface area contributed by atoms with Gasteiger partial charge in [0.05, 0.1) is 0 Å². The average Bonchev–Trinajstić information content (AvgIpc) is 2.38. The lowest BCUT2D eigenvalue weighted by Gasteiger charge is -2.32. The van der Waals surface area contributed by atoms with Crippen molar-refractivity contribution >= 4 is 21.8 Å². The van der Waals surface area contributed by atoms with E-state index >= 15 is 0 Å². The van der Waals surface area contributed by atoms with Crippen LogP contribution in [0.5, 0.6) is 0 Å². The molecule has 1 aromatic rings. The number of rotatable bonds is 3. The van der Waals surface area contributed by atoms with Gasteiger partial charge in [0, 0.05) is 23.1 Å². The minimum atomic E-state index is -0.386. The number of amides is 1. The fourth-order valence-corrected chi connectivity index (χ4v) is 2.95. The molecule has 0 spiro atoms. The summed E-state index contributed by atoms with van der Waals surface area (Å²) >= 11 is 3.22. The van der Waals surface area contributed by atoms with Crippen LogP contribution < -0.4 is 5.32 Å². The van der Waals surface area contributed by atoms with Gasteiger partial charge in [0.25, 0.3) is 5.91 Å². The Morgan fingerprint density at radius 2 is 2.11 bits per heavy atom. The van der Waals surface area contributed by atoms with Gasteiger partial charge in [0.15, 0.2) is 0 Å². The van der Waals surface area contributed by atoms with Crippen LogP contribution in [0.1, 0.15) is 23.2 Å². The monoisotopic (exact) mass is 328 g/mol. The number of carbonyl (C=O) groups excluding carboxylic acids is 1. The Kier molecular flexibility index (Phi) is 4.93. The van der Waals surface area contributed by atoms with Crippen molar-refractivity contribution in [1.29, 1.82) is 0 Å². The molecule has 0 saturated carbocycles. The standard InChI is InChI=1S/C14H18BrFN2O/c1-17-9-10-2-4-18(5-3-10)14(19)11-6-12(15)8-13(16)7-11/h6-8,10,17H,2-5,9H2,1H3. The number of nitrogens with one attached hydrogen (secondary N) is 1. The molecule has 0 bridgehead atoms. The normalized spacial score (nSPS) is 16.7. The van der Waals surface area contributed by atoms with Crippen LogP contribution in [0, 0.1) is 11.7 Å². The van der Waals surface area contributed by atoms with E-state index in [9.17, 15) is 9.18 Å². The molecule has 0 aromatic heterocycles. The largest absolute Gasteiger partial charge is 0.339 e. The third kappa shape index (κ3) is 3.76. The van der Waals surface area contributed by atoms with Crippen molar-refractivity contribution in [2.45, 2.75) is 12.8 Å². The molecule has 1 aromatic carbocycles. The Morgan fingerprint density at radius 3 is 2.68 bits per heavy atom. The average molecular weight is 329 g/mol. The fraction of sp³-hybridized carbons (Fsp3) is 0.500.